The Morgan fingerprint density at radius 2 is 1.95 bits per heavy atom. The summed E-state index contributed by atoms with van der Waals surface area (Å²) in [6, 6.07) is 16.9. The van der Waals surface area contributed by atoms with Gasteiger partial charge in [0, 0.05) is 17.0 Å². The van der Waals surface area contributed by atoms with Gasteiger partial charge in [-0.25, -0.2) is 4.79 Å². The number of benzene rings is 2. The second-order valence-corrected chi connectivity index (χ2v) is 4.81. The molecule has 22 heavy (non-hydrogen) atoms. The minimum Gasteiger partial charge on any atom is -0.497 e. The number of nitrogens with zero attached hydrogens (tertiary/aromatic N) is 1. The molecule has 4 nitrogen and oxygen atoms in total. The topological polar surface area (TPSA) is 63.2 Å². The quantitative estimate of drug-likeness (QED) is 0.692. The number of nitriles is 1. The smallest absolute Gasteiger partial charge is 0.341 e. The zero-order valence-electron chi connectivity index (χ0n) is 12.0. The molecule has 3 aromatic rings. The summed E-state index contributed by atoms with van der Waals surface area (Å²) in [5.41, 5.74) is 1.98. The van der Waals surface area contributed by atoms with Crippen molar-refractivity contribution >= 4 is 11.0 Å². The maximum absolute atomic E-state index is 12.3. The van der Waals surface area contributed by atoms with Gasteiger partial charge in [-0.2, -0.15) is 5.26 Å². The fraction of sp³-hybridized carbons (Fsp3) is 0.111. The second kappa shape index (κ2) is 5.74. The van der Waals surface area contributed by atoms with Gasteiger partial charge in [0.1, 0.15) is 11.3 Å². The second-order valence-electron chi connectivity index (χ2n) is 4.81. The summed E-state index contributed by atoms with van der Waals surface area (Å²) in [5.74, 6) is 0.614. The molecule has 0 saturated heterocycles. The molecule has 0 bridgehead atoms. The minimum atomic E-state index is -0.485. The largest absolute Gasteiger partial charge is 0.497 e. The number of rotatable bonds is 3. The molecule has 0 N–H and O–H groups in total. The Kier molecular flexibility index (Phi) is 3.63. The van der Waals surface area contributed by atoms with E-state index in [0.717, 1.165) is 16.5 Å². The van der Waals surface area contributed by atoms with Crippen molar-refractivity contribution in [3.8, 4) is 22.9 Å². The van der Waals surface area contributed by atoms with E-state index in [4.69, 9.17) is 14.4 Å². The lowest BCUT2D eigenvalue weighted by molar-refractivity contribution is 0.414. The normalized spacial score (nSPS) is 10.4. The van der Waals surface area contributed by atoms with Gasteiger partial charge in [-0.1, -0.05) is 30.3 Å². The van der Waals surface area contributed by atoms with Gasteiger partial charge in [-0.05, 0) is 17.7 Å². The van der Waals surface area contributed by atoms with E-state index >= 15 is 0 Å². The van der Waals surface area contributed by atoms with E-state index in [1.165, 1.54) is 0 Å². The first-order valence-electron chi connectivity index (χ1n) is 6.80. The van der Waals surface area contributed by atoms with Crippen molar-refractivity contribution < 1.29 is 9.15 Å². The number of hydrogen-bond donors (Lipinski definition) is 0. The summed E-state index contributed by atoms with van der Waals surface area (Å²) in [4.78, 5) is 12.3. The van der Waals surface area contributed by atoms with Gasteiger partial charge in [0.05, 0.1) is 25.2 Å². The highest BCUT2D eigenvalue weighted by Gasteiger charge is 2.16. The van der Waals surface area contributed by atoms with Crippen LogP contribution in [0.5, 0.6) is 5.75 Å². The Morgan fingerprint density at radius 1 is 1.18 bits per heavy atom. The Bertz CT molecular complexity index is 921. The molecule has 0 aliphatic carbocycles. The molecule has 0 fully saturated rings. The van der Waals surface area contributed by atoms with Crippen LogP contribution in [0.2, 0.25) is 0 Å². The van der Waals surface area contributed by atoms with Crippen molar-refractivity contribution in [2.75, 3.05) is 7.11 Å². The van der Waals surface area contributed by atoms with Crippen LogP contribution in [-0.4, -0.2) is 7.11 Å². The number of ether oxygens (including phenoxy) is 1. The molecular formula is C18H13NO3. The monoisotopic (exact) mass is 291 g/mol. The maximum Gasteiger partial charge on any atom is 0.341 e. The summed E-state index contributed by atoms with van der Waals surface area (Å²) in [5, 5.41) is 9.81. The van der Waals surface area contributed by atoms with Crippen LogP contribution in [0.15, 0.2) is 57.7 Å². The minimum absolute atomic E-state index is 0.00846. The Morgan fingerprint density at radius 3 is 2.64 bits per heavy atom. The average molecular weight is 291 g/mol. The van der Waals surface area contributed by atoms with Gasteiger partial charge in [-0.3, -0.25) is 0 Å². The fourth-order valence-corrected chi connectivity index (χ4v) is 2.52. The number of hydrogen-bond acceptors (Lipinski definition) is 4. The van der Waals surface area contributed by atoms with Crippen LogP contribution in [0.25, 0.3) is 22.1 Å². The van der Waals surface area contributed by atoms with Crippen molar-refractivity contribution in [2.45, 2.75) is 6.42 Å². The molecule has 0 saturated carbocycles. The molecule has 0 radical (unpaired) electrons. The molecule has 0 aliphatic heterocycles. The van der Waals surface area contributed by atoms with E-state index in [2.05, 4.69) is 0 Å². The molecule has 0 spiro atoms. The zero-order valence-corrected chi connectivity index (χ0v) is 12.0. The van der Waals surface area contributed by atoms with Crippen LogP contribution in [0.1, 0.15) is 5.56 Å². The van der Waals surface area contributed by atoms with Crippen LogP contribution < -0.4 is 10.4 Å². The highest BCUT2D eigenvalue weighted by molar-refractivity contribution is 5.95. The first-order valence-corrected chi connectivity index (χ1v) is 6.80. The third-order valence-corrected chi connectivity index (χ3v) is 3.53. The van der Waals surface area contributed by atoms with Crippen molar-refractivity contribution in [1.82, 2.24) is 0 Å². The predicted octanol–water partition coefficient (Wildman–Crippen LogP) is 3.53. The van der Waals surface area contributed by atoms with E-state index in [9.17, 15) is 4.79 Å². The summed E-state index contributed by atoms with van der Waals surface area (Å²) in [6.07, 6.45) is 0.00846. The molecular weight excluding hydrogens is 278 g/mol. The third kappa shape index (κ3) is 2.33. The average Bonchev–Trinajstić information content (AvgIpc) is 2.56. The molecule has 1 aromatic heterocycles. The first kappa shape index (κ1) is 13.9. The molecule has 2 aromatic carbocycles. The third-order valence-electron chi connectivity index (χ3n) is 3.53. The Balaban J connectivity index is 2.42. The Labute approximate surface area is 127 Å². The number of methoxy groups -OCH3 is 1. The summed E-state index contributed by atoms with van der Waals surface area (Å²) in [7, 11) is 1.56. The lowest BCUT2D eigenvalue weighted by Gasteiger charge is -2.11. The van der Waals surface area contributed by atoms with E-state index in [1.54, 1.807) is 13.2 Å². The predicted molar refractivity (Wildman–Crippen MR) is 83.8 cm³/mol. The molecule has 0 atom stereocenters. The molecule has 0 amide bonds. The van der Waals surface area contributed by atoms with Crippen LogP contribution in [0, 0.1) is 11.3 Å². The van der Waals surface area contributed by atoms with Gasteiger partial charge in [0.2, 0.25) is 0 Å². The van der Waals surface area contributed by atoms with E-state index in [1.807, 2.05) is 48.5 Å². The summed E-state index contributed by atoms with van der Waals surface area (Å²) < 4.78 is 10.5. The highest BCUT2D eigenvalue weighted by atomic mass is 16.5. The molecule has 3 rings (SSSR count). The van der Waals surface area contributed by atoms with Gasteiger partial charge in [0.15, 0.2) is 0 Å². The van der Waals surface area contributed by atoms with E-state index in [-0.39, 0.29) is 6.42 Å². The van der Waals surface area contributed by atoms with Crippen LogP contribution in [-0.2, 0) is 6.42 Å². The highest BCUT2D eigenvalue weighted by Crippen LogP contribution is 2.32. The van der Waals surface area contributed by atoms with Gasteiger partial charge < -0.3 is 9.15 Å². The zero-order chi connectivity index (χ0) is 15.5. The number of fused-ring (bicyclic) bond motifs is 1. The van der Waals surface area contributed by atoms with E-state index < -0.39 is 5.63 Å². The SMILES string of the molecule is COc1ccc2c(-c3ccccc3)c(CC#N)c(=O)oc2c1. The Hall–Kier alpha value is -3.06. The van der Waals surface area contributed by atoms with Crippen molar-refractivity contribution in [3.63, 3.8) is 0 Å². The summed E-state index contributed by atoms with van der Waals surface area (Å²) >= 11 is 0. The van der Waals surface area contributed by atoms with Gasteiger partial charge >= 0.3 is 5.63 Å². The van der Waals surface area contributed by atoms with Crippen LogP contribution in [0.4, 0.5) is 0 Å². The lowest BCUT2D eigenvalue weighted by Crippen LogP contribution is -2.09. The first-order chi connectivity index (χ1) is 10.7. The lowest BCUT2D eigenvalue weighted by atomic mass is 9.96. The van der Waals surface area contributed by atoms with Crippen molar-refractivity contribution in [1.29, 1.82) is 5.26 Å². The van der Waals surface area contributed by atoms with Crippen molar-refractivity contribution in [3.05, 3.63) is 64.5 Å². The molecule has 108 valence electrons. The molecule has 0 aliphatic rings. The van der Waals surface area contributed by atoms with Gasteiger partial charge in [-0.15, -0.1) is 0 Å². The summed E-state index contributed by atoms with van der Waals surface area (Å²) in [6.45, 7) is 0. The molecule has 0 unspecified atom stereocenters. The van der Waals surface area contributed by atoms with E-state index in [0.29, 0.717) is 16.9 Å². The van der Waals surface area contributed by atoms with Crippen LogP contribution in [0.3, 0.4) is 0 Å². The van der Waals surface area contributed by atoms with Crippen LogP contribution >= 0.6 is 0 Å². The molecule has 1 heterocycles. The standard InChI is InChI=1S/C18H13NO3/c1-21-13-7-8-14-16(11-13)22-18(20)15(9-10-19)17(14)12-5-3-2-4-6-12/h2-8,11H,9H2,1H3. The maximum atomic E-state index is 12.3. The fourth-order valence-electron chi connectivity index (χ4n) is 2.52. The molecule has 4 heteroatoms. The van der Waals surface area contributed by atoms with Crippen molar-refractivity contribution in [2.24, 2.45) is 0 Å². The van der Waals surface area contributed by atoms with Gasteiger partial charge in [0.25, 0.3) is 0 Å².